The van der Waals surface area contributed by atoms with E-state index in [2.05, 4.69) is 38.0 Å². The normalized spacial score (nSPS) is 22.6. The highest BCUT2D eigenvalue weighted by Crippen LogP contribution is 2.25. The molecular weight excluding hydrogens is 386 g/mol. The van der Waals surface area contributed by atoms with E-state index >= 15 is 0 Å². The van der Waals surface area contributed by atoms with Gasteiger partial charge in [-0.3, -0.25) is 9.89 Å². The van der Waals surface area contributed by atoms with Gasteiger partial charge >= 0.3 is 0 Å². The molecule has 3 heterocycles. The summed E-state index contributed by atoms with van der Waals surface area (Å²) in [4.78, 5) is 8.03. The Labute approximate surface area is 165 Å². The molecule has 1 aromatic heterocycles. The summed E-state index contributed by atoms with van der Waals surface area (Å²) in [5.41, 5.74) is 0. The molecule has 0 aromatic carbocycles. The molecule has 0 spiro atoms. The van der Waals surface area contributed by atoms with Crippen LogP contribution in [-0.2, 0) is 14.8 Å². The third-order valence-corrected chi connectivity index (χ3v) is 7.83. The van der Waals surface area contributed by atoms with Crippen molar-refractivity contribution in [3.8, 4) is 0 Å². The molecule has 152 valence electrons. The van der Waals surface area contributed by atoms with Gasteiger partial charge in [0.05, 0.1) is 25.0 Å². The van der Waals surface area contributed by atoms with Crippen molar-refractivity contribution in [2.45, 2.75) is 12.5 Å². The molecule has 8 nitrogen and oxygen atoms in total. The lowest BCUT2D eigenvalue weighted by molar-refractivity contribution is 0.0177. The maximum Gasteiger partial charge on any atom is 0.214 e. The van der Waals surface area contributed by atoms with Crippen LogP contribution in [0.25, 0.3) is 0 Å². The van der Waals surface area contributed by atoms with Gasteiger partial charge in [-0.2, -0.15) is 0 Å². The van der Waals surface area contributed by atoms with Gasteiger partial charge in [0.25, 0.3) is 0 Å². The van der Waals surface area contributed by atoms with Crippen LogP contribution in [0.5, 0.6) is 0 Å². The van der Waals surface area contributed by atoms with Crippen molar-refractivity contribution in [2.24, 2.45) is 4.99 Å². The highest BCUT2D eigenvalue weighted by molar-refractivity contribution is 7.89. The van der Waals surface area contributed by atoms with Gasteiger partial charge in [-0.15, -0.1) is 11.3 Å². The number of morpholine rings is 1. The minimum absolute atomic E-state index is 0.266. The number of nitrogens with zero attached hydrogens (tertiary/aromatic N) is 3. The van der Waals surface area contributed by atoms with Crippen molar-refractivity contribution >= 4 is 27.3 Å². The van der Waals surface area contributed by atoms with Crippen molar-refractivity contribution in [3.63, 3.8) is 0 Å². The SMILES string of the molecule is CN=C(NCCN1CCCS1(=O)=O)NCC(c1cccs1)N1CCOCC1. The second-order valence-electron chi connectivity index (χ2n) is 6.63. The molecule has 2 aliphatic heterocycles. The average molecular weight is 416 g/mol. The van der Waals surface area contributed by atoms with Crippen molar-refractivity contribution in [2.75, 3.05) is 65.3 Å². The molecular formula is C17H29N5O3S2. The molecule has 1 unspecified atom stereocenters. The molecule has 27 heavy (non-hydrogen) atoms. The minimum Gasteiger partial charge on any atom is -0.379 e. The highest BCUT2D eigenvalue weighted by Gasteiger charge is 2.27. The van der Waals surface area contributed by atoms with Crippen molar-refractivity contribution < 1.29 is 13.2 Å². The second-order valence-corrected chi connectivity index (χ2v) is 9.70. The van der Waals surface area contributed by atoms with E-state index in [1.54, 1.807) is 22.7 Å². The van der Waals surface area contributed by atoms with E-state index in [1.807, 2.05) is 0 Å². The molecule has 2 fully saturated rings. The van der Waals surface area contributed by atoms with E-state index in [0.717, 1.165) is 39.3 Å². The molecule has 2 saturated heterocycles. The number of sulfonamides is 1. The summed E-state index contributed by atoms with van der Waals surface area (Å²) in [6.45, 7) is 5.74. The molecule has 0 radical (unpaired) electrons. The lowest BCUT2D eigenvalue weighted by Crippen LogP contribution is -2.47. The largest absolute Gasteiger partial charge is 0.379 e. The van der Waals surface area contributed by atoms with Gasteiger partial charge < -0.3 is 15.4 Å². The number of thiophene rings is 1. The summed E-state index contributed by atoms with van der Waals surface area (Å²) in [5.74, 6) is 0.962. The Balaban J connectivity index is 1.50. The third kappa shape index (κ3) is 5.64. The summed E-state index contributed by atoms with van der Waals surface area (Å²) < 4.78 is 30.8. The van der Waals surface area contributed by atoms with Gasteiger partial charge in [0, 0.05) is 51.2 Å². The summed E-state index contributed by atoms with van der Waals surface area (Å²) in [7, 11) is -1.31. The van der Waals surface area contributed by atoms with Gasteiger partial charge in [0.1, 0.15) is 0 Å². The zero-order chi connectivity index (χ0) is 19.1. The van der Waals surface area contributed by atoms with Gasteiger partial charge in [0.2, 0.25) is 10.0 Å². The van der Waals surface area contributed by atoms with Crippen LogP contribution in [0.3, 0.4) is 0 Å². The summed E-state index contributed by atoms with van der Waals surface area (Å²) in [6, 6.07) is 4.52. The Morgan fingerprint density at radius 2 is 2.15 bits per heavy atom. The first-order valence-electron chi connectivity index (χ1n) is 9.38. The lowest BCUT2D eigenvalue weighted by atomic mass is 10.2. The molecule has 3 rings (SSSR count). The van der Waals surface area contributed by atoms with E-state index < -0.39 is 10.0 Å². The monoisotopic (exact) mass is 415 g/mol. The van der Waals surface area contributed by atoms with Crippen LogP contribution in [0.2, 0.25) is 0 Å². The van der Waals surface area contributed by atoms with E-state index in [9.17, 15) is 8.42 Å². The van der Waals surface area contributed by atoms with Crippen LogP contribution < -0.4 is 10.6 Å². The van der Waals surface area contributed by atoms with Gasteiger partial charge in [-0.1, -0.05) is 6.07 Å². The number of guanidine groups is 1. The van der Waals surface area contributed by atoms with Crippen LogP contribution in [0.4, 0.5) is 0 Å². The number of hydrogen-bond acceptors (Lipinski definition) is 6. The maximum atomic E-state index is 11.9. The summed E-state index contributed by atoms with van der Waals surface area (Å²) >= 11 is 1.76. The zero-order valence-electron chi connectivity index (χ0n) is 15.8. The quantitative estimate of drug-likeness (QED) is 0.493. The van der Waals surface area contributed by atoms with Crippen LogP contribution in [0.1, 0.15) is 17.3 Å². The molecule has 0 amide bonds. The van der Waals surface area contributed by atoms with Crippen LogP contribution in [-0.4, -0.2) is 88.9 Å². The maximum absolute atomic E-state index is 11.9. The Morgan fingerprint density at radius 3 is 2.78 bits per heavy atom. The first-order chi connectivity index (χ1) is 13.1. The topological polar surface area (TPSA) is 86.3 Å². The molecule has 0 bridgehead atoms. The van der Waals surface area contributed by atoms with Crippen LogP contribution in [0, 0.1) is 0 Å². The predicted molar refractivity (Wildman–Crippen MR) is 109 cm³/mol. The molecule has 10 heteroatoms. The predicted octanol–water partition coefficient (Wildman–Crippen LogP) is 0.322. The Kier molecular flexibility index (Phi) is 7.48. The zero-order valence-corrected chi connectivity index (χ0v) is 17.4. The van der Waals surface area contributed by atoms with Crippen molar-refractivity contribution in [1.29, 1.82) is 0 Å². The lowest BCUT2D eigenvalue weighted by Gasteiger charge is -2.34. The summed E-state index contributed by atoms with van der Waals surface area (Å²) in [6.07, 6.45) is 0.720. The summed E-state index contributed by atoms with van der Waals surface area (Å²) in [5, 5.41) is 8.73. The Morgan fingerprint density at radius 1 is 1.33 bits per heavy atom. The smallest absolute Gasteiger partial charge is 0.214 e. The van der Waals surface area contributed by atoms with E-state index in [4.69, 9.17) is 4.74 Å². The molecule has 1 atom stereocenters. The van der Waals surface area contributed by atoms with E-state index in [-0.39, 0.29) is 11.8 Å². The Hall–Kier alpha value is -1.20. The first kappa shape index (κ1) is 20.5. The Bertz CT molecular complexity index is 702. The third-order valence-electron chi connectivity index (χ3n) is 4.90. The van der Waals surface area contributed by atoms with Gasteiger partial charge in [-0.25, -0.2) is 12.7 Å². The minimum atomic E-state index is -3.05. The number of nitrogens with one attached hydrogen (secondary N) is 2. The number of aliphatic imine (C=N–C) groups is 1. The highest BCUT2D eigenvalue weighted by atomic mass is 32.2. The molecule has 1 aromatic rings. The fourth-order valence-corrected chi connectivity index (χ4v) is 5.82. The first-order valence-corrected chi connectivity index (χ1v) is 11.9. The van der Waals surface area contributed by atoms with Gasteiger partial charge in [0.15, 0.2) is 5.96 Å². The van der Waals surface area contributed by atoms with Crippen molar-refractivity contribution in [3.05, 3.63) is 22.4 Å². The molecule has 0 aliphatic carbocycles. The number of hydrogen-bond donors (Lipinski definition) is 2. The molecule has 2 N–H and O–H groups in total. The van der Waals surface area contributed by atoms with Crippen LogP contribution >= 0.6 is 11.3 Å². The van der Waals surface area contributed by atoms with Crippen molar-refractivity contribution in [1.82, 2.24) is 19.8 Å². The molecule has 0 saturated carbocycles. The van der Waals surface area contributed by atoms with Gasteiger partial charge in [-0.05, 0) is 17.9 Å². The van der Waals surface area contributed by atoms with E-state index in [1.165, 1.54) is 4.88 Å². The number of ether oxygens (including phenoxy) is 1. The average Bonchev–Trinajstić information content (AvgIpc) is 3.31. The fraction of sp³-hybridized carbons (Fsp3) is 0.706. The second kappa shape index (κ2) is 9.83. The van der Waals surface area contributed by atoms with E-state index in [0.29, 0.717) is 25.6 Å². The standard InChI is InChI=1S/C17H29N5O3S2/c1-18-17(19-5-7-22-6-3-13-27(22,23)24)20-14-15(16-4-2-12-26-16)21-8-10-25-11-9-21/h2,4,12,15H,3,5-11,13-14H2,1H3,(H2,18,19,20). The van der Waals surface area contributed by atoms with Crippen LogP contribution in [0.15, 0.2) is 22.5 Å². The fourth-order valence-electron chi connectivity index (χ4n) is 3.44. The molecule has 2 aliphatic rings. The number of rotatable bonds is 7.